The molecule has 2 aromatic carbocycles. The van der Waals surface area contributed by atoms with Crippen LogP contribution in [0.5, 0.6) is 5.75 Å². The van der Waals surface area contributed by atoms with Crippen LogP contribution in [-0.2, 0) is 17.9 Å². The van der Waals surface area contributed by atoms with Crippen LogP contribution >= 0.6 is 0 Å². The number of amides is 1. The highest BCUT2D eigenvalue weighted by atomic mass is 19.1. The lowest BCUT2D eigenvalue weighted by atomic mass is 9.91. The third kappa shape index (κ3) is 4.48. The second kappa shape index (κ2) is 8.92. The number of nitrogens with zero attached hydrogens (tertiary/aromatic N) is 3. The van der Waals surface area contributed by atoms with E-state index in [4.69, 9.17) is 4.74 Å². The SMILES string of the molecule is CCn1cc(CN(C(=O)C2CCOc3ccc(F)cc32)c2ccc(C(C)C)cc2)cn1. The van der Waals surface area contributed by atoms with Gasteiger partial charge in [0.05, 0.1) is 25.3 Å². The summed E-state index contributed by atoms with van der Waals surface area (Å²) in [6, 6.07) is 12.5. The molecule has 0 saturated heterocycles. The van der Waals surface area contributed by atoms with Gasteiger partial charge in [0.25, 0.3) is 0 Å². The highest BCUT2D eigenvalue weighted by Gasteiger charge is 2.32. The lowest BCUT2D eigenvalue weighted by Crippen LogP contribution is -2.36. The lowest BCUT2D eigenvalue weighted by molar-refractivity contribution is -0.120. The van der Waals surface area contributed by atoms with Gasteiger partial charge in [-0.15, -0.1) is 0 Å². The lowest BCUT2D eigenvalue weighted by Gasteiger charge is -2.31. The standard InChI is InChI=1S/C25H28FN3O2/c1-4-28-15-18(14-27-28)16-29(21-8-5-19(6-9-21)17(2)3)25(30)22-11-12-31-24-10-7-20(26)13-23(22)24/h5-10,13-15,17,22H,4,11-12,16H2,1-3H3. The van der Waals surface area contributed by atoms with E-state index in [9.17, 15) is 9.18 Å². The zero-order valence-electron chi connectivity index (χ0n) is 18.2. The predicted octanol–water partition coefficient (Wildman–Crippen LogP) is 5.27. The number of aromatic nitrogens is 2. The Morgan fingerprint density at radius 1 is 1.26 bits per heavy atom. The first kappa shape index (κ1) is 21.1. The van der Waals surface area contributed by atoms with Crippen LogP contribution in [-0.4, -0.2) is 22.3 Å². The molecule has 0 saturated carbocycles. The fraction of sp³-hybridized carbons (Fsp3) is 0.360. The fourth-order valence-electron chi connectivity index (χ4n) is 3.99. The molecule has 0 aliphatic carbocycles. The van der Waals surface area contributed by atoms with Crippen LogP contribution in [0, 0.1) is 5.82 Å². The molecule has 3 aromatic rings. The number of aryl methyl sites for hydroxylation is 1. The summed E-state index contributed by atoms with van der Waals surface area (Å²) in [4.78, 5) is 15.6. The fourth-order valence-corrected chi connectivity index (χ4v) is 3.99. The highest BCUT2D eigenvalue weighted by Crippen LogP contribution is 2.37. The average molecular weight is 422 g/mol. The quantitative estimate of drug-likeness (QED) is 0.545. The van der Waals surface area contributed by atoms with E-state index in [0.29, 0.717) is 36.8 Å². The molecular weight excluding hydrogens is 393 g/mol. The van der Waals surface area contributed by atoms with Crippen LogP contribution in [0.3, 0.4) is 0 Å². The monoisotopic (exact) mass is 421 g/mol. The van der Waals surface area contributed by atoms with Crippen molar-refractivity contribution in [3.05, 3.63) is 77.4 Å². The molecule has 0 spiro atoms. The number of hydrogen-bond donors (Lipinski definition) is 0. The minimum atomic E-state index is -0.453. The number of fused-ring (bicyclic) bond motifs is 1. The van der Waals surface area contributed by atoms with Crippen molar-refractivity contribution >= 4 is 11.6 Å². The Kier molecular flexibility index (Phi) is 6.07. The van der Waals surface area contributed by atoms with Gasteiger partial charge in [-0.3, -0.25) is 9.48 Å². The average Bonchev–Trinajstić information content (AvgIpc) is 3.24. The molecular formula is C25H28FN3O2. The molecule has 0 radical (unpaired) electrons. The Hall–Kier alpha value is -3.15. The van der Waals surface area contributed by atoms with Gasteiger partial charge in [0.2, 0.25) is 5.91 Å². The van der Waals surface area contributed by atoms with Crippen molar-refractivity contribution in [2.45, 2.75) is 52.1 Å². The van der Waals surface area contributed by atoms with Gasteiger partial charge in [-0.1, -0.05) is 26.0 Å². The largest absolute Gasteiger partial charge is 0.493 e. The maximum atomic E-state index is 14.0. The molecule has 5 nitrogen and oxygen atoms in total. The minimum absolute atomic E-state index is 0.0586. The van der Waals surface area contributed by atoms with Gasteiger partial charge < -0.3 is 9.64 Å². The molecule has 1 aliphatic rings. The second-order valence-electron chi connectivity index (χ2n) is 8.25. The molecule has 1 aromatic heterocycles. The zero-order valence-corrected chi connectivity index (χ0v) is 18.2. The van der Waals surface area contributed by atoms with Gasteiger partial charge in [-0.25, -0.2) is 4.39 Å². The molecule has 1 aliphatic heterocycles. The summed E-state index contributed by atoms with van der Waals surface area (Å²) >= 11 is 0. The summed E-state index contributed by atoms with van der Waals surface area (Å²) < 4.78 is 21.5. The van der Waals surface area contributed by atoms with Crippen molar-refractivity contribution in [1.29, 1.82) is 0 Å². The second-order valence-corrected chi connectivity index (χ2v) is 8.25. The number of anilines is 1. The van der Waals surface area contributed by atoms with Gasteiger partial charge in [0.15, 0.2) is 0 Å². The third-order valence-corrected chi connectivity index (χ3v) is 5.80. The Bertz CT molecular complexity index is 1060. The summed E-state index contributed by atoms with van der Waals surface area (Å²) in [5.74, 6) is 0.118. The van der Waals surface area contributed by atoms with Gasteiger partial charge in [-0.05, 0) is 55.2 Å². The Morgan fingerprint density at radius 2 is 2.03 bits per heavy atom. The maximum Gasteiger partial charge on any atom is 0.235 e. The molecule has 6 heteroatoms. The van der Waals surface area contributed by atoms with E-state index < -0.39 is 5.92 Å². The summed E-state index contributed by atoms with van der Waals surface area (Å²) in [5, 5.41) is 4.35. The number of benzene rings is 2. The molecule has 162 valence electrons. The minimum Gasteiger partial charge on any atom is -0.493 e. The molecule has 0 N–H and O–H groups in total. The predicted molar refractivity (Wildman–Crippen MR) is 119 cm³/mol. The van der Waals surface area contributed by atoms with E-state index in [1.807, 2.05) is 29.9 Å². The third-order valence-electron chi connectivity index (χ3n) is 5.80. The molecule has 0 bridgehead atoms. The number of carbonyl (C=O) groups excluding carboxylic acids is 1. The first-order valence-corrected chi connectivity index (χ1v) is 10.8. The molecule has 0 fully saturated rings. The van der Waals surface area contributed by atoms with Crippen LogP contribution in [0.25, 0.3) is 0 Å². The van der Waals surface area contributed by atoms with Crippen molar-refractivity contribution in [2.75, 3.05) is 11.5 Å². The summed E-state index contributed by atoms with van der Waals surface area (Å²) in [6.07, 6.45) is 4.27. The van der Waals surface area contributed by atoms with Crippen molar-refractivity contribution < 1.29 is 13.9 Å². The van der Waals surface area contributed by atoms with Crippen LogP contribution in [0.1, 0.15) is 55.7 Å². The molecule has 1 atom stereocenters. The number of hydrogen-bond acceptors (Lipinski definition) is 3. The van der Waals surface area contributed by atoms with Crippen LogP contribution in [0.2, 0.25) is 0 Å². The van der Waals surface area contributed by atoms with E-state index in [-0.39, 0.29) is 11.7 Å². The Labute approximate surface area is 182 Å². The highest BCUT2D eigenvalue weighted by molar-refractivity contribution is 5.98. The van der Waals surface area contributed by atoms with Gasteiger partial charge in [-0.2, -0.15) is 5.10 Å². The maximum absolute atomic E-state index is 14.0. The normalized spacial score (nSPS) is 15.5. The van der Waals surface area contributed by atoms with E-state index in [2.05, 4.69) is 31.1 Å². The molecule has 4 rings (SSSR count). The van der Waals surface area contributed by atoms with Crippen LogP contribution in [0.15, 0.2) is 54.9 Å². The van der Waals surface area contributed by atoms with E-state index >= 15 is 0 Å². The topological polar surface area (TPSA) is 47.4 Å². The van der Waals surface area contributed by atoms with Crippen molar-refractivity contribution in [2.24, 2.45) is 0 Å². The van der Waals surface area contributed by atoms with E-state index in [1.54, 1.807) is 17.2 Å². The Morgan fingerprint density at radius 3 is 2.71 bits per heavy atom. The van der Waals surface area contributed by atoms with Crippen LogP contribution < -0.4 is 9.64 Å². The zero-order chi connectivity index (χ0) is 22.0. The van der Waals surface area contributed by atoms with Gasteiger partial charge >= 0.3 is 0 Å². The summed E-state index contributed by atoms with van der Waals surface area (Å²) in [7, 11) is 0. The van der Waals surface area contributed by atoms with Crippen molar-refractivity contribution in [1.82, 2.24) is 9.78 Å². The number of carbonyl (C=O) groups is 1. The van der Waals surface area contributed by atoms with E-state index in [0.717, 1.165) is 17.8 Å². The van der Waals surface area contributed by atoms with Crippen molar-refractivity contribution in [3.63, 3.8) is 0 Å². The van der Waals surface area contributed by atoms with Crippen molar-refractivity contribution in [3.8, 4) is 5.75 Å². The Balaban J connectivity index is 1.70. The first-order valence-electron chi connectivity index (χ1n) is 10.8. The van der Waals surface area contributed by atoms with E-state index in [1.165, 1.54) is 17.7 Å². The molecule has 2 heterocycles. The van der Waals surface area contributed by atoms with Gasteiger partial charge in [0, 0.05) is 29.6 Å². The summed E-state index contributed by atoms with van der Waals surface area (Å²) in [6.45, 7) is 7.92. The van der Waals surface area contributed by atoms with Crippen LogP contribution in [0.4, 0.5) is 10.1 Å². The molecule has 31 heavy (non-hydrogen) atoms. The number of ether oxygens (including phenoxy) is 1. The first-order chi connectivity index (χ1) is 15.0. The number of rotatable bonds is 6. The summed E-state index contributed by atoms with van der Waals surface area (Å²) in [5.41, 5.74) is 3.61. The van der Waals surface area contributed by atoms with Gasteiger partial charge in [0.1, 0.15) is 11.6 Å². The molecule has 1 amide bonds. The smallest absolute Gasteiger partial charge is 0.235 e. The number of halogens is 1. The molecule has 1 unspecified atom stereocenters.